The first kappa shape index (κ1) is 25.5. The van der Waals surface area contributed by atoms with E-state index in [1.54, 1.807) is 54.7 Å². The molecule has 0 aliphatic carbocycles. The van der Waals surface area contributed by atoms with Crippen LogP contribution in [-0.4, -0.2) is 66.2 Å². The van der Waals surface area contributed by atoms with Gasteiger partial charge in [-0.25, -0.2) is 8.51 Å². The van der Waals surface area contributed by atoms with Crippen LogP contribution in [0.15, 0.2) is 41.3 Å². The molecule has 0 saturated heterocycles. The van der Waals surface area contributed by atoms with Crippen LogP contribution in [0.1, 0.15) is 27.0 Å². The van der Waals surface area contributed by atoms with Gasteiger partial charge < -0.3 is 20.1 Å². The lowest BCUT2D eigenvalue weighted by atomic mass is 10.1. The average Bonchev–Trinajstić information content (AvgIpc) is 2.75. The lowest BCUT2D eigenvalue weighted by Crippen LogP contribution is -2.32. The highest BCUT2D eigenvalue weighted by atomic mass is 32.2. The number of methoxy groups -OCH3 is 1. The first-order chi connectivity index (χ1) is 15.1. The minimum absolute atomic E-state index is 0.0725. The van der Waals surface area contributed by atoms with Crippen molar-refractivity contribution in [1.82, 2.24) is 9.21 Å². The summed E-state index contributed by atoms with van der Waals surface area (Å²) in [7, 11) is 3.70. The van der Waals surface area contributed by atoms with E-state index in [4.69, 9.17) is 15.2 Å². The predicted molar refractivity (Wildman–Crippen MR) is 124 cm³/mol. The van der Waals surface area contributed by atoms with Gasteiger partial charge in [-0.2, -0.15) is 0 Å². The molecular weight excluding hydrogens is 430 g/mol. The molecule has 0 heterocycles. The number of hydrogen-bond donors (Lipinski definition) is 1. The van der Waals surface area contributed by atoms with E-state index < -0.39 is 16.9 Å². The number of carbonyl (C=O) groups excluding carboxylic acids is 2. The van der Waals surface area contributed by atoms with Crippen LogP contribution in [0.5, 0.6) is 5.75 Å². The largest absolute Gasteiger partial charge is 0.497 e. The van der Waals surface area contributed by atoms with Crippen molar-refractivity contribution in [3.63, 3.8) is 0 Å². The van der Waals surface area contributed by atoms with Crippen LogP contribution >= 0.6 is 0 Å². The molecule has 2 amide bonds. The predicted octanol–water partition coefficient (Wildman–Crippen LogP) is 2.04. The lowest BCUT2D eigenvalue weighted by Gasteiger charge is -2.20. The summed E-state index contributed by atoms with van der Waals surface area (Å²) in [6.45, 7) is 4.80. The summed E-state index contributed by atoms with van der Waals surface area (Å²) in [6.07, 6.45) is 0. The van der Waals surface area contributed by atoms with Crippen molar-refractivity contribution >= 4 is 22.8 Å². The van der Waals surface area contributed by atoms with Crippen molar-refractivity contribution in [3.05, 3.63) is 58.7 Å². The third-order valence-electron chi connectivity index (χ3n) is 4.99. The zero-order chi connectivity index (χ0) is 23.8. The van der Waals surface area contributed by atoms with Gasteiger partial charge in [0.15, 0.2) is 0 Å². The SMILES string of the molecule is COc1cc(C)c(S(=O)N(C)CCOCC(=O)N(C)Cc2ccc(C(N)=O)cc2)c(C)c1. The highest BCUT2D eigenvalue weighted by molar-refractivity contribution is 7.82. The molecule has 1 unspecified atom stereocenters. The molecule has 0 aliphatic heterocycles. The van der Waals surface area contributed by atoms with Gasteiger partial charge >= 0.3 is 0 Å². The monoisotopic (exact) mass is 461 g/mol. The number of amides is 2. The van der Waals surface area contributed by atoms with Gasteiger partial charge in [-0.05, 0) is 54.8 Å². The van der Waals surface area contributed by atoms with Crippen LogP contribution in [0.4, 0.5) is 0 Å². The zero-order valence-electron chi connectivity index (χ0n) is 19.2. The fraction of sp³-hybridized carbons (Fsp3) is 0.391. The third-order valence-corrected chi connectivity index (χ3v) is 6.73. The number of rotatable bonds is 11. The van der Waals surface area contributed by atoms with Gasteiger partial charge in [-0.3, -0.25) is 9.59 Å². The summed E-state index contributed by atoms with van der Waals surface area (Å²) < 4.78 is 25.4. The summed E-state index contributed by atoms with van der Waals surface area (Å²) in [5.41, 5.74) is 8.33. The highest BCUT2D eigenvalue weighted by Crippen LogP contribution is 2.25. The van der Waals surface area contributed by atoms with Crippen LogP contribution in [0.3, 0.4) is 0 Å². The number of nitrogens with zero attached hydrogens (tertiary/aromatic N) is 2. The van der Waals surface area contributed by atoms with Crippen molar-refractivity contribution in [1.29, 1.82) is 0 Å². The number of nitrogens with two attached hydrogens (primary N) is 1. The Kier molecular flexibility index (Phi) is 9.37. The van der Waals surface area contributed by atoms with Gasteiger partial charge in [0, 0.05) is 32.7 Å². The van der Waals surface area contributed by atoms with E-state index in [0.717, 1.165) is 27.3 Å². The molecular formula is C23H31N3O5S. The third kappa shape index (κ3) is 6.88. The molecule has 8 nitrogen and oxygen atoms in total. The average molecular weight is 462 g/mol. The zero-order valence-corrected chi connectivity index (χ0v) is 20.0. The fourth-order valence-corrected chi connectivity index (χ4v) is 4.36. The first-order valence-electron chi connectivity index (χ1n) is 10.1. The number of carbonyl (C=O) groups is 2. The number of aryl methyl sites for hydroxylation is 2. The normalized spacial score (nSPS) is 11.9. The molecule has 0 radical (unpaired) electrons. The summed E-state index contributed by atoms with van der Waals surface area (Å²) in [6, 6.07) is 10.5. The maximum Gasteiger partial charge on any atom is 0.248 e. The van der Waals surface area contributed by atoms with Gasteiger partial charge in [0.1, 0.15) is 23.3 Å². The van der Waals surface area contributed by atoms with E-state index in [1.807, 2.05) is 26.0 Å². The van der Waals surface area contributed by atoms with Crippen LogP contribution in [0.25, 0.3) is 0 Å². The Morgan fingerprint density at radius 3 is 2.19 bits per heavy atom. The summed E-state index contributed by atoms with van der Waals surface area (Å²) >= 11 is 0. The molecule has 0 spiro atoms. The smallest absolute Gasteiger partial charge is 0.248 e. The van der Waals surface area contributed by atoms with E-state index in [0.29, 0.717) is 18.7 Å². The van der Waals surface area contributed by atoms with Crippen molar-refractivity contribution in [2.45, 2.75) is 25.3 Å². The van der Waals surface area contributed by atoms with Crippen LogP contribution < -0.4 is 10.5 Å². The molecule has 2 aromatic carbocycles. The highest BCUT2D eigenvalue weighted by Gasteiger charge is 2.17. The molecule has 0 bridgehead atoms. The molecule has 0 aliphatic rings. The number of ether oxygens (including phenoxy) is 2. The Bertz CT molecular complexity index is 955. The van der Waals surface area contributed by atoms with E-state index in [1.165, 1.54) is 0 Å². The Balaban J connectivity index is 1.80. The second-order valence-corrected chi connectivity index (χ2v) is 9.08. The van der Waals surface area contributed by atoms with Crippen molar-refractivity contribution in [2.24, 2.45) is 5.73 Å². The van der Waals surface area contributed by atoms with Crippen molar-refractivity contribution < 1.29 is 23.3 Å². The second kappa shape index (κ2) is 11.8. The van der Waals surface area contributed by atoms with Crippen LogP contribution in [0.2, 0.25) is 0 Å². The molecule has 2 rings (SSSR count). The maximum atomic E-state index is 12.9. The van der Waals surface area contributed by atoms with E-state index in [-0.39, 0.29) is 19.1 Å². The summed E-state index contributed by atoms with van der Waals surface area (Å²) in [4.78, 5) is 25.7. The fourth-order valence-electron chi connectivity index (χ4n) is 3.14. The molecule has 2 aromatic rings. The molecule has 2 N–H and O–H groups in total. The number of likely N-dealkylation sites (N-methyl/N-ethyl adjacent to an activating group) is 2. The lowest BCUT2D eigenvalue weighted by molar-refractivity contribution is -0.135. The Morgan fingerprint density at radius 2 is 1.66 bits per heavy atom. The standard InChI is InChI=1S/C23H31N3O5S/c1-16-12-20(30-5)13-17(2)22(16)32(29)26(4)10-11-31-15-21(27)25(3)14-18-6-8-19(9-7-18)23(24)28/h6-9,12-13H,10-11,14-15H2,1-5H3,(H2,24,28). The van der Waals surface area contributed by atoms with E-state index in [9.17, 15) is 13.8 Å². The van der Waals surface area contributed by atoms with Gasteiger partial charge in [0.05, 0.1) is 18.6 Å². The molecule has 0 aromatic heterocycles. The minimum Gasteiger partial charge on any atom is -0.497 e. The van der Waals surface area contributed by atoms with E-state index in [2.05, 4.69) is 0 Å². The van der Waals surface area contributed by atoms with Crippen LogP contribution in [-0.2, 0) is 27.1 Å². The maximum absolute atomic E-state index is 12.9. The number of hydrogen-bond acceptors (Lipinski definition) is 5. The van der Waals surface area contributed by atoms with Gasteiger partial charge in [-0.1, -0.05) is 12.1 Å². The molecule has 174 valence electrons. The summed E-state index contributed by atoms with van der Waals surface area (Å²) in [5.74, 6) is 0.0744. The molecule has 9 heteroatoms. The topological polar surface area (TPSA) is 102 Å². The number of benzene rings is 2. The van der Waals surface area contributed by atoms with Crippen molar-refractivity contribution in [2.75, 3.05) is 41.0 Å². The Hall–Kier alpha value is -2.75. The first-order valence-corrected chi connectivity index (χ1v) is 11.2. The van der Waals surface area contributed by atoms with Crippen molar-refractivity contribution in [3.8, 4) is 5.75 Å². The molecule has 0 saturated carbocycles. The molecule has 1 atom stereocenters. The van der Waals surface area contributed by atoms with Gasteiger partial charge in [-0.15, -0.1) is 0 Å². The Morgan fingerprint density at radius 1 is 1.06 bits per heavy atom. The van der Waals surface area contributed by atoms with Gasteiger partial charge in [0.2, 0.25) is 11.8 Å². The van der Waals surface area contributed by atoms with Gasteiger partial charge in [0.25, 0.3) is 0 Å². The number of primary amides is 1. The quantitative estimate of drug-likeness (QED) is 0.516. The molecule has 0 fully saturated rings. The molecule has 32 heavy (non-hydrogen) atoms. The minimum atomic E-state index is -1.35. The van der Waals surface area contributed by atoms with E-state index >= 15 is 0 Å². The van der Waals surface area contributed by atoms with Crippen LogP contribution in [0, 0.1) is 13.8 Å². The Labute approximate surface area is 191 Å². The second-order valence-electron chi connectivity index (χ2n) is 7.55. The summed E-state index contributed by atoms with van der Waals surface area (Å²) in [5, 5.41) is 0.